The minimum atomic E-state index is -0.336. The molecule has 0 aliphatic carbocycles. The van der Waals surface area contributed by atoms with E-state index in [1.54, 1.807) is 12.1 Å². The Morgan fingerprint density at radius 1 is 1.10 bits per heavy atom. The lowest BCUT2D eigenvalue weighted by molar-refractivity contribution is 0.0601. The summed E-state index contributed by atoms with van der Waals surface area (Å²) in [5, 5.41) is 0. The molecule has 4 heteroatoms. The summed E-state index contributed by atoms with van der Waals surface area (Å²) in [5.74, 6) is 0.462. The third-order valence-corrected chi connectivity index (χ3v) is 3.68. The van der Waals surface area contributed by atoms with Gasteiger partial charge in [-0.05, 0) is 49.2 Å². The van der Waals surface area contributed by atoms with Crippen LogP contribution in [0, 0.1) is 13.8 Å². The average molecular weight is 280 g/mol. The molecule has 0 bridgehead atoms. The fourth-order valence-electron chi connectivity index (χ4n) is 2.29. The van der Waals surface area contributed by atoms with Gasteiger partial charge in [-0.2, -0.15) is 0 Å². The molecule has 1 heterocycles. The first-order valence-corrected chi connectivity index (χ1v) is 6.74. The molecule has 1 aromatic heterocycles. The largest absolute Gasteiger partial charge is 0.465 e. The molecule has 0 amide bonds. The number of fused-ring (bicyclic) bond motifs is 1. The van der Waals surface area contributed by atoms with Gasteiger partial charge >= 0.3 is 5.97 Å². The first-order valence-electron chi connectivity index (χ1n) is 6.74. The van der Waals surface area contributed by atoms with E-state index < -0.39 is 0 Å². The molecule has 0 atom stereocenters. The first-order chi connectivity index (χ1) is 10.1. The summed E-state index contributed by atoms with van der Waals surface area (Å²) in [4.78, 5) is 19.4. The van der Waals surface area contributed by atoms with Crippen LogP contribution in [0.15, 0.2) is 36.4 Å². The molecular weight excluding hydrogens is 264 g/mol. The van der Waals surface area contributed by atoms with Gasteiger partial charge in [0, 0.05) is 5.56 Å². The zero-order valence-corrected chi connectivity index (χ0v) is 12.2. The van der Waals surface area contributed by atoms with Gasteiger partial charge in [0.05, 0.1) is 23.7 Å². The molecule has 3 rings (SSSR count). The van der Waals surface area contributed by atoms with Crippen LogP contribution in [0.3, 0.4) is 0 Å². The van der Waals surface area contributed by atoms with Crippen molar-refractivity contribution < 1.29 is 9.53 Å². The number of H-pyrrole nitrogens is 1. The normalized spacial score (nSPS) is 10.8. The Morgan fingerprint density at radius 2 is 1.76 bits per heavy atom. The lowest BCUT2D eigenvalue weighted by Gasteiger charge is -2.00. The topological polar surface area (TPSA) is 55.0 Å². The summed E-state index contributed by atoms with van der Waals surface area (Å²) in [6.07, 6.45) is 0. The van der Waals surface area contributed by atoms with E-state index >= 15 is 0 Å². The van der Waals surface area contributed by atoms with E-state index in [2.05, 4.69) is 35.9 Å². The molecule has 2 aromatic carbocycles. The van der Waals surface area contributed by atoms with Crippen LogP contribution in [0.4, 0.5) is 0 Å². The second kappa shape index (κ2) is 5.05. The summed E-state index contributed by atoms with van der Waals surface area (Å²) in [7, 11) is 1.38. The van der Waals surface area contributed by atoms with Gasteiger partial charge in [0.1, 0.15) is 5.82 Å². The van der Waals surface area contributed by atoms with Gasteiger partial charge < -0.3 is 9.72 Å². The Kier molecular flexibility index (Phi) is 3.22. The van der Waals surface area contributed by atoms with Crippen molar-refractivity contribution in [1.82, 2.24) is 9.97 Å². The second-order valence-electron chi connectivity index (χ2n) is 5.11. The molecule has 0 unspecified atom stereocenters. The van der Waals surface area contributed by atoms with Crippen LogP contribution in [0.2, 0.25) is 0 Å². The number of aryl methyl sites for hydroxylation is 2. The Bertz CT molecular complexity index is 778. The van der Waals surface area contributed by atoms with Crippen molar-refractivity contribution in [1.29, 1.82) is 0 Å². The number of aromatic amines is 1. The number of hydrogen-bond acceptors (Lipinski definition) is 3. The molecule has 21 heavy (non-hydrogen) atoms. The number of imidazole rings is 1. The highest BCUT2D eigenvalue weighted by molar-refractivity contribution is 5.90. The van der Waals surface area contributed by atoms with E-state index in [0.29, 0.717) is 5.56 Å². The fourth-order valence-corrected chi connectivity index (χ4v) is 2.29. The van der Waals surface area contributed by atoms with Gasteiger partial charge in [-0.1, -0.05) is 12.1 Å². The zero-order chi connectivity index (χ0) is 15.0. The van der Waals surface area contributed by atoms with Crippen molar-refractivity contribution in [3.05, 3.63) is 53.1 Å². The number of esters is 1. The Hall–Kier alpha value is -2.62. The summed E-state index contributed by atoms with van der Waals surface area (Å²) >= 11 is 0. The third kappa shape index (κ3) is 2.40. The first kappa shape index (κ1) is 13.4. The number of carbonyl (C=O) groups excluding carboxylic acids is 1. The minimum absolute atomic E-state index is 0.336. The van der Waals surface area contributed by atoms with E-state index in [1.807, 2.05) is 12.1 Å². The molecule has 0 saturated carbocycles. The summed E-state index contributed by atoms with van der Waals surface area (Å²) in [6.45, 7) is 4.16. The van der Waals surface area contributed by atoms with E-state index in [9.17, 15) is 4.79 Å². The maximum absolute atomic E-state index is 11.4. The van der Waals surface area contributed by atoms with E-state index in [0.717, 1.165) is 22.4 Å². The van der Waals surface area contributed by atoms with Crippen LogP contribution in [0.1, 0.15) is 21.5 Å². The molecule has 0 fully saturated rings. The molecule has 0 aliphatic rings. The van der Waals surface area contributed by atoms with Crippen molar-refractivity contribution in [3.63, 3.8) is 0 Å². The fraction of sp³-hybridized carbons (Fsp3) is 0.176. The Balaban J connectivity index is 2.02. The van der Waals surface area contributed by atoms with Crippen molar-refractivity contribution in [2.45, 2.75) is 13.8 Å². The highest BCUT2D eigenvalue weighted by atomic mass is 16.5. The highest BCUT2D eigenvalue weighted by Gasteiger charge is 2.09. The quantitative estimate of drug-likeness (QED) is 0.729. The van der Waals surface area contributed by atoms with E-state index in [4.69, 9.17) is 4.74 Å². The number of nitrogens with one attached hydrogen (secondary N) is 1. The van der Waals surface area contributed by atoms with Gasteiger partial charge in [0.15, 0.2) is 0 Å². The Morgan fingerprint density at radius 3 is 2.43 bits per heavy atom. The number of ether oxygens (including phenoxy) is 1. The molecule has 3 aromatic rings. The second-order valence-corrected chi connectivity index (χ2v) is 5.11. The van der Waals surface area contributed by atoms with E-state index in [-0.39, 0.29) is 5.97 Å². The summed E-state index contributed by atoms with van der Waals surface area (Å²) in [6, 6.07) is 11.4. The van der Waals surface area contributed by atoms with Gasteiger partial charge in [-0.3, -0.25) is 0 Å². The maximum atomic E-state index is 11.4. The van der Waals surface area contributed by atoms with Gasteiger partial charge in [0.2, 0.25) is 0 Å². The van der Waals surface area contributed by atoms with Crippen LogP contribution in [-0.2, 0) is 4.74 Å². The molecular formula is C17H16N2O2. The van der Waals surface area contributed by atoms with Crippen molar-refractivity contribution in [3.8, 4) is 11.4 Å². The van der Waals surface area contributed by atoms with Crippen LogP contribution < -0.4 is 0 Å². The third-order valence-electron chi connectivity index (χ3n) is 3.68. The summed E-state index contributed by atoms with van der Waals surface area (Å²) in [5.41, 5.74) is 5.90. The molecule has 4 nitrogen and oxygen atoms in total. The SMILES string of the molecule is COC(=O)c1ccc(-c2nc3cc(C)c(C)cc3[nH]2)cc1. The van der Waals surface area contributed by atoms with E-state index in [1.165, 1.54) is 18.2 Å². The number of benzene rings is 2. The maximum Gasteiger partial charge on any atom is 0.337 e. The monoisotopic (exact) mass is 280 g/mol. The summed E-state index contributed by atoms with van der Waals surface area (Å²) < 4.78 is 4.69. The standard InChI is InChI=1S/C17H16N2O2/c1-10-8-14-15(9-11(10)2)19-16(18-14)12-4-6-13(7-5-12)17(20)21-3/h4-9H,1-3H3,(H,18,19). The zero-order valence-electron chi connectivity index (χ0n) is 12.2. The molecule has 0 saturated heterocycles. The van der Waals surface area contributed by atoms with Crippen LogP contribution in [0.5, 0.6) is 0 Å². The van der Waals surface area contributed by atoms with Crippen molar-refractivity contribution in [2.24, 2.45) is 0 Å². The van der Waals surface area contributed by atoms with Crippen molar-refractivity contribution >= 4 is 17.0 Å². The van der Waals surface area contributed by atoms with Crippen LogP contribution in [0.25, 0.3) is 22.4 Å². The predicted molar refractivity (Wildman–Crippen MR) is 82.3 cm³/mol. The number of hydrogen-bond donors (Lipinski definition) is 1. The molecule has 0 spiro atoms. The number of nitrogens with zero attached hydrogens (tertiary/aromatic N) is 1. The molecule has 0 radical (unpaired) electrons. The average Bonchev–Trinajstić information content (AvgIpc) is 2.90. The number of methoxy groups -OCH3 is 1. The lowest BCUT2D eigenvalue weighted by Crippen LogP contribution is -2.00. The van der Waals surface area contributed by atoms with Gasteiger partial charge in [-0.25, -0.2) is 9.78 Å². The van der Waals surface area contributed by atoms with Crippen LogP contribution in [-0.4, -0.2) is 23.0 Å². The van der Waals surface area contributed by atoms with Gasteiger partial charge in [-0.15, -0.1) is 0 Å². The molecule has 106 valence electrons. The smallest absolute Gasteiger partial charge is 0.337 e. The molecule has 0 aliphatic heterocycles. The lowest BCUT2D eigenvalue weighted by atomic mass is 10.1. The number of rotatable bonds is 2. The predicted octanol–water partition coefficient (Wildman–Crippen LogP) is 3.63. The minimum Gasteiger partial charge on any atom is -0.465 e. The van der Waals surface area contributed by atoms with Gasteiger partial charge in [0.25, 0.3) is 0 Å². The Labute approximate surface area is 122 Å². The highest BCUT2D eigenvalue weighted by Crippen LogP contribution is 2.23. The van der Waals surface area contributed by atoms with Crippen LogP contribution >= 0.6 is 0 Å². The molecule has 1 N–H and O–H groups in total. The number of aromatic nitrogens is 2. The number of carbonyl (C=O) groups is 1. The van der Waals surface area contributed by atoms with Crippen molar-refractivity contribution in [2.75, 3.05) is 7.11 Å².